The maximum Gasteiger partial charge on any atom is 0.128 e. The molecule has 0 radical (unpaired) electrons. The lowest BCUT2D eigenvalue weighted by Gasteiger charge is -2.30. The van der Waals surface area contributed by atoms with Crippen LogP contribution in [0.15, 0.2) is 18.2 Å². The molecule has 1 aromatic carbocycles. The van der Waals surface area contributed by atoms with Crippen molar-refractivity contribution in [3.8, 4) is 0 Å². The molecule has 84 valence electrons. The third-order valence-corrected chi connectivity index (χ3v) is 2.78. The van der Waals surface area contributed by atoms with Gasteiger partial charge in [-0.3, -0.25) is 0 Å². The first-order valence-electron chi connectivity index (χ1n) is 4.70. The molecule has 0 aromatic heterocycles. The molecule has 2 nitrogen and oxygen atoms in total. The van der Waals surface area contributed by atoms with Gasteiger partial charge in [-0.15, -0.1) is 0 Å². The Morgan fingerprint density at radius 2 is 2.13 bits per heavy atom. The monoisotopic (exact) mass is 231 g/mol. The number of hydrogen-bond acceptors (Lipinski definition) is 2. The Kier molecular flexibility index (Phi) is 3.71. The van der Waals surface area contributed by atoms with E-state index in [9.17, 15) is 4.39 Å². The number of nitrogens with two attached hydrogens (primary N) is 1. The minimum atomic E-state index is -0.582. The molecule has 0 heterocycles. The number of aliphatic hydroxyl groups excluding tert-OH is 1. The summed E-state index contributed by atoms with van der Waals surface area (Å²) in [4.78, 5) is 0. The van der Waals surface area contributed by atoms with Gasteiger partial charge < -0.3 is 10.8 Å². The molecule has 15 heavy (non-hydrogen) atoms. The van der Waals surface area contributed by atoms with Crippen molar-refractivity contribution in [3.05, 3.63) is 34.6 Å². The van der Waals surface area contributed by atoms with Crippen LogP contribution in [0.2, 0.25) is 5.02 Å². The second kappa shape index (κ2) is 4.47. The highest BCUT2D eigenvalue weighted by molar-refractivity contribution is 6.30. The lowest BCUT2D eigenvalue weighted by molar-refractivity contribution is 0.131. The van der Waals surface area contributed by atoms with Crippen molar-refractivity contribution in [2.75, 3.05) is 6.61 Å². The number of aliphatic hydroxyl groups is 1. The molecule has 0 saturated carbocycles. The molecule has 0 aliphatic rings. The van der Waals surface area contributed by atoms with Gasteiger partial charge in [0, 0.05) is 28.6 Å². The van der Waals surface area contributed by atoms with E-state index in [2.05, 4.69) is 0 Å². The Morgan fingerprint density at radius 1 is 1.53 bits per heavy atom. The summed E-state index contributed by atoms with van der Waals surface area (Å²) in [6.45, 7) is 3.44. The van der Waals surface area contributed by atoms with Gasteiger partial charge in [0.1, 0.15) is 5.82 Å². The average Bonchev–Trinajstić information content (AvgIpc) is 2.20. The van der Waals surface area contributed by atoms with Crippen LogP contribution in [0.1, 0.15) is 25.5 Å². The van der Waals surface area contributed by atoms with Gasteiger partial charge in [0.15, 0.2) is 0 Å². The highest BCUT2D eigenvalue weighted by atomic mass is 35.5. The third kappa shape index (κ3) is 2.68. The first kappa shape index (κ1) is 12.4. The van der Waals surface area contributed by atoms with Gasteiger partial charge in [-0.1, -0.05) is 25.4 Å². The van der Waals surface area contributed by atoms with Crippen LogP contribution in [-0.2, 0) is 0 Å². The summed E-state index contributed by atoms with van der Waals surface area (Å²) in [5.41, 5.74) is 5.65. The van der Waals surface area contributed by atoms with Crippen LogP contribution in [-0.4, -0.2) is 11.7 Å². The predicted molar refractivity (Wildman–Crippen MR) is 59.2 cm³/mol. The van der Waals surface area contributed by atoms with E-state index < -0.39 is 17.3 Å². The molecule has 0 bridgehead atoms. The number of benzene rings is 1. The van der Waals surface area contributed by atoms with Gasteiger partial charge in [0.05, 0.1) is 0 Å². The fourth-order valence-corrected chi connectivity index (χ4v) is 1.45. The molecule has 0 saturated heterocycles. The van der Waals surface area contributed by atoms with Crippen LogP contribution in [0.25, 0.3) is 0 Å². The molecular weight excluding hydrogens is 217 g/mol. The molecule has 0 unspecified atom stereocenters. The standard InChI is InChI=1S/C11H15ClFNO/c1-11(2,6-15)10(14)8-5-7(12)3-4-9(8)13/h3-5,10,15H,6,14H2,1-2H3/t10-/m1/s1. The zero-order valence-corrected chi connectivity index (χ0v) is 9.55. The quantitative estimate of drug-likeness (QED) is 0.840. The van der Waals surface area contributed by atoms with Crippen LogP contribution in [0.5, 0.6) is 0 Å². The second-order valence-electron chi connectivity index (χ2n) is 4.29. The van der Waals surface area contributed by atoms with Crippen molar-refractivity contribution in [2.45, 2.75) is 19.9 Å². The van der Waals surface area contributed by atoms with Crippen molar-refractivity contribution in [2.24, 2.45) is 11.1 Å². The van der Waals surface area contributed by atoms with Gasteiger partial charge in [-0.05, 0) is 18.2 Å². The Balaban J connectivity index is 3.10. The molecule has 1 aromatic rings. The Bertz CT molecular complexity index is 354. The molecule has 0 fully saturated rings. The smallest absolute Gasteiger partial charge is 0.128 e. The van der Waals surface area contributed by atoms with E-state index in [4.69, 9.17) is 22.4 Å². The van der Waals surface area contributed by atoms with Crippen LogP contribution >= 0.6 is 11.6 Å². The fourth-order valence-electron chi connectivity index (χ4n) is 1.27. The molecule has 0 spiro atoms. The maximum absolute atomic E-state index is 13.5. The second-order valence-corrected chi connectivity index (χ2v) is 4.73. The summed E-state index contributed by atoms with van der Waals surface area (Å²) in [5, 5.41) is 9.59. The molecule has 0 aliphatic heterocycles. The molecule has 0 aliphatic carbocycles. The zero-order chi connectivity index (χ0) is 11.6. The third-order valence-electron chi connectivity index (χ3n) is 2.54. The summed E-state index contributed by atoms with van der Waals surface area (Å²) >= 11 is 5.77. The van der Waals surface area contributed by atoms with Crippen LogP contribution in [0, 0.1) is 11.2 Å². The molecular formula is C11H15ClFNO. The number of hydrogen-bond donors (Lipinski definition) is 2. The molecule has 0 amide bonds. The topological polar surface area (TPSA) is 46.2 Å². The maximum atomic E-state index is 13.5. The highest BCUT2D eigenvalue weighted by Gasteiger charge is 2.29. The van der Waals surface area contributed by atoms with Gasteiger partial charge in [-0.2, -0.15) is 0 Å². The summed E-state index contributed by atoms with van der Waals surface area (Å²) in [6, 6.07) is 3.67. The van der Waals surface area contributed by atoms with E-state index in [0.717, 1.165) is 0 Å². The van der Waals surface area contributed by atoms with Crippen molar-refractivity contribution < 1.29 is 9.50 Å². The Morgan fingerprint density at radius 3 is 2.67 bits per heavy atom. The van der Waals surface area contributed by atoms with Crippen LogP contribution in [0.3, 0.4) is 0 Å². The lowest BCUT2D eigenvalue weighted by atomic mass is 9.81. The molecule has 1 atom stereocenters. The molecule has 3 N–H and O–H groups in total. The first-order chi connectivity index (χ1) is 6.88. The summed E-state index contributed by atoms with van der Waals surface area (Å²) in [7, 11) is 0. The lowest BCUT2D eigenvalue weighted by Crippen LogP contribution is -2.33. The molecule has 4 heteroatoms. The zero-order valence-electron chi connectivity index (χ0n) is 8.80. The largest absolute Gasteiger partial charge is 0.396 e. The Hall–Kier alpha value is -0.640. The van der Waals surface area contributed by atoms with Crippen molar-refractivity contribution >= 4 is 11.6 Å². The van der Waals surface area contributed by atoms with Gasteiger partial charge in [-0.25, -0.2) is 4.39 Å². The van der Waals surface area contributed by atoms with E-state index >= 15 is 0 Å². The van der Waals surface area contributed by atoms with E-state index in [1.165, 1.54) is 18.2 Å². The summed E-state index contributed by atoms with van der Waals surface area (Å²) < 4.78 is 13.5. The van der Waals surface area contributed by atoms with E-state index in [-0.39, 0.29) is 6.61 Å². The van der Waals surface area contributed by atoms with Gasteiger partial charge in [0.2, 0.25) is 0 Å². The SMILES string of the molecule is CC(C)(CO)[C@H](N)c1cc(Cl)ccc1F. The van der Waals surface area contributed by atoms with Gasteiger partial charge >= 0.3 is 0 Å². The Labute approximate surface area is 93.9 Å². The highest BCUT2D eigenvalue weighted by Crippen LogP contribution is 2.33. The molecule has 1 rings (SSSR count). The van der Waals surface area contributed by atoms with Crippen LogP contribution in [0.4, 0.5) is 4.39 Å². The first-order valence-corrected chi connectivity index (χ1v) is 5.07. The minimum absolute atomic E-state index is 0.111. The number of rotatable bonds is 3. The predicted octanol–water partition coefficient (Wildman–Crippen LogP) is 2.50. The summed E-state index contributed by atoms with van der Waals surface area (Å²) in [5.74, 6) is -0.395. The van der Waals surface area contributed by atoms with E-state index in [1.807, 2.05) is 0 Å². The minimum Gasteiger partial charge on any atom is -0.396 e. The van der Waals surface area contributed by atoms with E-state index in [0.29, 0.717) is 10.6 Å². The number of halogens is 2. The van der Waals surface area contributed by atoms with E-state index in [1.54, 1.807) is 13.8 Å². The average molecular weight is 232 g/mol. The van der Waals surface area contributed by atoms with Crippen molar-refractivity contribution in [3.63, 3.8) is 0 Å². The van der Waals surface area contributed by atoms with Crippen molar-refractivity contribution in [1.29, 1.82) is 0 Å². The summed E-state index contributed by atoms with van der Waals surface area (Å²) in [6.07, 6.45) is 0. The van der Waals surface area contributed by atoms with Crippen molar-refractivity contribution in [1.82, 2.24) is 0 Å². The van der Waals surface area contributed by atoms with Crippen LogP contribution < -0.4 is 5.73 Å². The fraction of sp³-hybridized carbons (Fsp3) is 0.455. The van der Waals surface area contributed by atoms with Gasteiger partial charge in [0.25, 0.3) is 0 Å². The normalized spacial score (nSPS) is 14.0.